The first-order chi connectivity index (χ1) is 11.8. The zero-order valence-corrected chi connectivity index (χ0v) is 15.7. The summed E-state index contributed by atoms with van der Waals surface area (Å²) in [5, 5.41) is 0.515. The summed E-state index contributed by atoms with van der Waals surface area (Å²) in [4.78, 5) is 13.4. The number of aryl methyl sites for hydroxylation is 1. The maximum absolute atomic E-state index is 12.5. The molecule has 0 unspecified atom stereocenters. The van der Waals surface area contributed by atoms with Crippen LogP contribution >= 0.6 is 23.2 Å². The van der Waals surface area contributed by atoms with Crippen molar-refractivity contribution in [3.05, 3.63) is 52.0 Å². The molecule has 132 valence electrons. The number of halogens is 2. The minimum Gasteiger partial charge on any atom is -0.379 e. The number of anilines is 1. The zero-order chi connectivity index (χ0) is 18.2. The number of carbonyl (C=O) groups is 1. The second-order valence-electron chi connectivity index (χ2n) is 5.68. The molecule has 0 radical (unpaired) electrons. The van der Waals surface area contributed by atoms with Gasteiger partial charge < -0.3 is 9.08 Å². The summed E-state index contributed by atoms with van der Waals surface area (Å²) in [5.41, 5.74) is 1.55. The number of carbonyl (C=O) groups excluding carboxylic acids is 1. The summed E-state index contributed by atoms with van der Waals surface area (Å²) in [6.45, 7) is 2.13. The van der Waals surface area contributed by atoms with E-state index in [9.17, 15) is 13.2 Å². The molecule has 5 nitrogen and oxygen atoms in total. The molecule has 1 aliphatic heterocycles. The third-order valence-corrected chi connectivity index (χ3v) is 5.92. The van der Waals surface area contributed by atoms with Crippen molar-refractivity contribution >= 4 is 44.9 Å². The molecule has 0 saturated carbocycles. The van der Waals surface area contributed by atoms with E-state index in [1.165, 1.54) is 31.2 Å². The molecule has 25 heavy (non-hydrogen) atoms. The molecule has 1 heterocycles. The molecule has 2 aromatic carbocycles. The SMILES string of the molecule is CC(=O)N1CCCc2cc(S(=O)(=O)Oc3ccc(Cl)c(Cl)c3)ccc21. The third kappa shape index (κ3) is 3.76. The first kappa shape index (κ1) is 18.0. The van der Waals surface area contributed by atoms with E-state index < -0.39 is 10.1 Å². The summed E-state index contributed by atoms with van der Waals surface area (Å²) in [6.07, 6.45) is 1.49. The smallest absolute Gasteiger partial charge is 0.339 e. The van der Waals surface area contributed by atoms with Gasteiger partial charge in [0.25, 0.3) is 0 Å². The van der Waals surface area contributed by atoms with Crippen molar-refractivity contribution in [1.29, 1.82) is 0 Å². The fourth-order valence-electron chi connectivity index (χ4n) is 2.76. The van der Waals surface area contributed by atoms with Gasteiger partial charge in [0.1, 0.15) is 10.6 Å². The van der Waals surface area contributed by atoms with Gasteiger partial charge in [0.2, 0.25) is 5.91 Å². The number of amides is 1. The Morgan fingerprint density at radius 2 is 1.88 bits per heavy atom. The largest absolute Gasteiger partial charge is 0.379 e. The van der Waals surface area contributed by atoms with Crippen LogP contribution in [0.2, 0.25) is 10.0 Å². The van der Waals surface area contributed by atoms with Crippen LogP contribution in [0.15, 0.2) is 41.3 Å². The van der Waals surface area contributed by atoms with E-state index in [0.29, 0.717) is 18.0 Å². The van der Waals surface area contributed by atoms with Gasteiger partial charge in [-0.15, -0.1) is 0 Å². The molecule has 0 aromatic heterocycles. The molecular formula is C17H15Cl2NO4S. The number of hydrogen-bond acceptors (Lipinski definition) is 4. The van der Waals surface area contributed by atoms with Crippen molar-refractivity contribution in [3.63, 3.8) is 0 Å². The first-order valence-electron chi connectivity index (χ1n) is 7.58. The Balaban J connectivity index is 1.92. The van der Waals surface area contributed by atoms with Crippen molar-refractivity contribution in [3.8, 4) is 5.75 Å². The maximum atomic E-state index is 12.5. The summed E-state index contributed by atoms with van der Waals surface area (Å²) < 4.78 is 30.2. The van der Waals surface area contributed by atoms with Gasteiger partial charge in [-0.05, 0) is 48.7 Å². The van der Waals surface area contributed by atoms with Gasteiger partial charge in [0, 0.05) is 25.2 Å². The van der Waals surface area contributed by atoms with Crippen molar-refractivity contribution in [2.75, 3.05) is 11.4 Å². The zero-order valence-electron chi connectivity index (χ0n) is 13.3. The lowest BCUT2D eigenvalue weighted by Gasteiger charge is -2.28. The first-order valence-corrected chi connectivity index (χ1v) is 9.75. The summed E-state index contributed by atoms with van der Waals surface area (Å²) >= 11 is 11.7. The van der Waals surface area contributed by atoms with E-state index in [0.717, 1.165) is 17.7 Å². The fourth-order valence-corrected chi connectivity index (χ4v) is 4.02. The molecule has 0 atom stereocenters. The van der Waals surface area contributed by atoms with Crippen LogP contribution in [0.5, 0.6) is 5.75 Å². The molecule has 0 N–H and O–H groups in total. The summed E-state index contributed by atoms with van der Waals surface area (Å²) in [7, 11) is -4.02. The molecule has 0 aliphatic carbocycles. The highest BCUT2D eigenvalue weighted by molar-refractivity contribution is 7.87. The maximum Gasteiger partial charge on any atom is 0.339 e. The predicted octanol–water partition coefficient (Wildman–Crippen LogP) is 4.06. The molecule has 2 aromatic rings. The molecule has 0 spiro atoms. The van der Waals surface area contributed by atoms with E-state index in [1.807, 2.05) is 0 Å². The Morgan fingerprint density at radius 3 is 2.56 bits per heavy atom. The van der Waals surface area contributed by atoms with Gasteiger partial charge in [-0.25, -0.2) is 0 Å². The normalized spacial score (nSPS) is 14.1. The number of benzene rings is 2. The Hall–Kier alpha value is -1.76. The minimum absolute atomic E-state index is 0.0303. The fraction of sp³-hybridized carbons (Fsp3) is 0.235. The predicted molar refractivity (Wildman–Crippen MR) is 97.1 cm³/mol. The van der Waals surface area contributed by atoms with E-state index in [2.05, 4.69) is 0 Å². The molecule has 3 rings (SSSR count). The van der Waals surface area contributed by atoms with Crippen molar-refractivity contribution in [2.24, 2.45) is 0 Å². The second-order valence-corrected chi connectivity index (χ2v) is 8.04. The van der Waals surface area contributed by atoms with Crippen LogP contribution < -0.4 is 9.08 Å². The quantitative estimate of drug-likeness (QED) is 0.729. The van der Waals surface area contributed by atoms with Crippen LogP contribution in [-0.2, 0) is 21.3 Å². The third-order valence-electron chi connectivity index (χ3n) is 3.94. The Labute approximate surface area is 156 Å². The highest BCUT2D eigenvalue weighted by Crippen LogP contribution is 2.32. The molecule has 0 bridgehead atoms. The van der Waals surface area contributed by atoms with Gasteiger partial charge in [-0.2, -0.15) is 8.42 Å². The second kappa shape index (κ2) is 6.86. The van der Waals surface area contributed by atoms with Gasteiger partial charge in [0.05, 0.1) is 10.0 Å². The van der Waals surface area contributed by atoms with E-state index in [-0.39, 0.29) is 21.6 Å². The van der Waals surface area contributed by atoms with Crippen LogP contribution in [0.25, 0.3) is 0 Å². The van der Waals surface area contributed by atoms with E-state index in [4.69, 9.17) is 27.4 Å². The lowest BCUT2D eigenvalue weighted by Crippen LogP contribution is -2.33. The molecule has 1 amide bonds. The number of fused-ring (bicyclic) bond motifs is 1. The lowest BCUT2D eigenvalue weighted by atomic mass is 10.0. The Morgan fingerprint density at radius 1 is 1.12 bits per heavy atom. The monoisotopic (exact) mass is 399 g/mol. The topological polar surface area (TPSA) is 63.7 Å². The van der Waals surface area contributed by atoms with Gasteiger partial charge >= 0.3 is 10.1 Å². The Bertz CT molecular complexity index is 944. The van der Waals surface area contributed by atoms with E-state index in [1.54, 1.807) is 17.0 Å². The summed E-state index contributed by atoms with van der Waals surface area (Å²) in [6, 6.07) is 8.87. The van der Waals surface area contributed by atoms with Gasteiger partial charge in [-0.1, -0.05) is 23.2 Å². The molecule has 0 fully saturated rings. The number of nitrogens with zero attached hydrogens (tertiary/aromatic N) is 1. The number of hydrogen-bond donors (Lipinski definition) is 0. The number of rotatable bonds is 3. The summed E-state index contributed by atoms with van der Waals surface area (Å²) in [5.74, 6) is 0.0149. The standard InChI is InChI=1S/C17H15Cl2NO4S/c1-11(21)20-8-2-3-12-9-14(5-7-17(12)20)25(22,23)24-13-4-6-15(18)16(19)10-13/h4-7,9-10H,2-3,8H2,1H3. The highest BCUT2D eigenvalue weighted by atomic mass is 35.5. The van der Waals surface area contributed by atoms with Crippen molar-refractivity contribution < 1.29 is 17.4 Å². The lowest BCUT2D eigenvalue weighted by molar-refractivity contribution is -0.116. The van der Waals surface area contributed by atoms with Crippen molar-refractivity contribution in [1.82, 2.24) is 0 Å². The molecule has 1 aliphatic rings. The molecule has 8 heteroatoms. The van der Waals surface area contributed by atoms with Crippen LogP contribution in [-0.4, -0.2) is 20.9 Å². The molecular weight excluding hydrogens is 385 g/mol. The van der Waals surface area contributed by atoms with Gasteiger partial charge in [0.15, 0.2) is 0 Å². The highest BCUT2D eigenvalue weighted by Gasteiger charge is 2.24. The van der Waals surface area contributed by atoms with Crippen LogP contribution in [0.3, 0.4) is 0 Å². The Kier molecular flexibility index (Phi) is 4.95. The van der Waals surface area contributed by atoms with Crippen molar-refractivity contribution in [2.45, 2.75) is 24.7 Å². The molecule has 0 saturated heterocycles. The average Bonchev–Trinajstić information content (AvgIpc) is 2.56. The van der Waals surface area contributed by atoms with Crippen LogP contribution in [0.1, 0.15) is 18.9 Å². The van der Waals surface area contributed by atoms with Crippen LogP contribution in [0.4, 0.5) is 5.69 Å². The van der Waals surface area contributed by atoms with Gasteiger partial charge in [-0.3, -0.25) is 4.79 Å². The minimum atomic E-state index is -4.02. The average molecular weight is 400 g/mol. The van der Waals surface area contributed by atoms with E-state index >= 15 is 0 Å². The van der Waals surface area contributed by atoms with Crippen LogP contribution in [0, 0.1) is 0 Å².